The Morgan fingerprint density at radius 1 is 0.583 bits per heavy atom. The normalized spacial score (nSPS) is 14.8. The van der Waals surface area contributed by atoms with E-state index < -0.39 is 0 Å². The molecule has 1 aliphatic carbocycles. The Kier molecular flexibility index (Phi) is 3.38. The first-order valence-corrected chi connectivity index (χ1v) is 13.5. The van der Waals surface area contributed by atoms with Crippen molar-refractivity contribution in [3.63, 3.8) is 0 Å². The molecule has 9 rings (SSSR count). The summed E-state index contributed by atoms with van der Waals surface area (Å²) in [5.41, 5.74) is 12.0. The Hall–Kier alpha value is -3.57. The number of halogens is 1. The minimum absolute atomic E-state index is 0.0723. The number of nitrogens with zero attached hydrogens (tertiary/aromatic N) is 2. The average Bonchev–Trinajstić information content (AvgIpc) is 3.44. The second kappa shape index (κ2) is 6.22. The van der Waals surface area contributed by atoms with Gasteiger partial charge >= 0.3 is 0 Å². The maximum absolute atomic E-state index is 2.55. The van der Waals surface area contributed by atoms with Crippen LogP contribution in [0, 0.1) is 0 Å². The van der Waals surface area contributed by atoms with Crippen molar-refractivity contribution in [1.82, 2.24) is 7.18 Å². The molecule has 5 aromatic carbocycles. The van der Waals surface area contributed by atoms with E-state index >= 15 is 0 Å². The Balaban J connectivity index is 1.73. The molecule has 0 radical (unpaired) electrons. The average molecular weight is 572 g/mol. The van der Waals surface area contributed by atoms with E-state index in [-0.39, 0.29) is 5.41 Å². The first-order valence-electron chi connectivity index (χ1n) is 12.5. The molecule has 0 atom stereocenters. The molecule has 0 bridgehead atoms. The molecule has 0 aliphatic heterocycles. The van der Waals surface area contributed by atoms with Gasteiger partial charge in [-0.25, -0.2) is 0 Å². The molecule has 0 fully saturated rings. The first-order chi connectivity index (χ1) is 17.6. The Morgan fingerprint density at radius 3 is 2.14 bits per heavy atom. The highest BCUT2D eigenvalue weighted by Gasteiger charge is 2.38. The van der Waals surface area contributed by atoms with Crippen LogP contribution in [0.2, 0.25) is 0 Å². The predicted molar refractivity (Wildman–Crippen MR) is 161 cm³/mol. The molecule has 3 heteroatoms. The molecule has 3 heterocycles. The lowest BCUT2D eigenvalue weighted by Gasteiger charge is -2.23. The molecule has 1 aliphatic rings. The number of hydrogen-bond acceptors (Lipinski definition) is 0. The van der Waals surface area contributed by atoms with Crippen LogP contribution in [0.5, 0.6) is 0 Å². The third kappa shape index (κ3) is 2.01. The maximum atomic E-state index is 2.55. The third-order valence-electron chi connectivity index (χ3n) is 8.72. The highest BCUT2D eigenvalue weighted by Crippen LogP contribution is 2.55. The molecule has 0 saturated carbocycles. The van der Waals surface area contributed by atoms with Crippen molar-refractivity contribution < 1.29 is 0 Å². The van der Waals surface area contributed by atoms with E-state index in [2.05, 4.69) is 135 Å². The van der Waals surface area contributed by atoms with Crippen molar-refractivity contribution in [3.8, 4) is 11.1 Å². The lowest BCUT2D eigenvalue weighted by atomic mass is 9.80. The molecule has 0 saturated heterocycles. The molecule has 36 heavy (non-hydrogen) atoms. The van der Waals surface area contributed by atoms with Gasteiger partial charge in [-0.1, -0.05) is 74.5 Å². The van der Waals surface area contributed by atoms with Gasteiger partial charge in [-0.05, 0) is 58.0 Å². The highest BCUT2D eigenvalue weighted by molar-refractivity contribution is 14.1. The van der Waals surface area contributed by atoms with Gasteiger partial charge in [0.2, 0.25) is 0 Å². The van der Waals surface area contributed by atoms with Gasteiger partial charge < -0.3 is 4.40 Å². The van der Waals surface area contributed by atoms with Gasteiger partial charge in [-0.2, -0.15) is 0 Å². The summed E-state index contributed by atoms with van der Waals surface area (Å²) in [6, 6.07) is 34.1. The minimum Gasteiger partial charge on any atom is -0.308 e. The number of aromatic nitrogens is 2. The van der Waals surface area contributed by atoms with Crippen LogP contribution < -0.4 is 0 Å². The first kappa shape index (κ1) is 19.6. The third-order valence-corrected chi connectivity index (χ3v) is 9.76. The molecule has 0 N–H and O–H groups in total. The highest BCUT2D eigenvalue weighted by atomic mass is 127. The molecular formula is C33H21IN2. The molecule has 8 aromatic rings. The van der Waals surface area contributed by atoms with Gasteiger partial charge in [0.15, 0.2) is 0 Å². The Morgan fingerprint density at radius 2 is 1.25 bits per heavy atom. The van der Waals surface area contributed by atoms with E-state index in [4.69, 9.17) is 0 Å². The Bertz CT molecular complexity index is 2240. The van der Waals surface area contributed by atoms with Gasteiger partial charge in [-0.3, -0.25) is 2.78 Å². The zero-order chi connectivity index (χ0) is 23.9. The smallest absolute Gasteiger partial charge is 0.0646 e. The van der Waals surface area contributed by atoms with Crippen molar-refractivity contribution in [3.05, 3.63) is 102 Å². The van der Waals surface area contributed by atoms with E-state index in [0.29, 0.717) is 0 Å². The van der Waals surface area contributed by atoms with Gasteiger partial charge in [0.25, 0.3) is 0 Å². The lowest BCUT2D eigenvalue weighted by molar-refractivity contribution is 0.667. The van der Waals surface area contributed by atoms with Crippen LogP contribution in [-0.4, -0.2) is 7.18 Å². The summed E-state index contributed by atoms with van der Waals surface area (Å²) < 4.78 is 4.88. The summed E-state index contributed by atoms with van der Waals surface area (Å²) in [4.78, 5) is 0. The summed E-state index contributed by atoms with van der Waals surface area (Å²) in [7, 11) is 0. The fourth-order valence-corrected chi connectivity index (χ4v) is 8.14. The summed E-state index contributed by atoms with van der Waals surface area (Å²) in [6.45, 7) is 4.80. The van der Waals surface area contributed by atoms with Crippen LogP contribution in [-0.2, 0) is 5.41 Å². The van der Waals surface area contributed by atoms with Crippen molar-refractivity contribution in [2.45, 2.75) is 19.3 Å². The van der Waals surface area contributed by atoms with Crippen LogP contribution in [0.4, 0.5) is 0 Å². The zero-order valence-electron chi connectivity index (χ0n) is 19.9. The van der Waals surface area contributed by atoms with Crippen LogP contribution in [0.1, 0.15) is 25.0 Å². The Labute approximate surface area is 221 Å². The SMILES string of the molecule is CC1(C)c2ccccc2-c2cc3c4cccc5c4c4c(cccc4n4c6ccccc6c(c21)c34)n5I. The number of hydrogen-bond donors (Lipinski definition) is 0. The van der Waals surface area contributed by atoms with Crippen molar-refractivity contribution >= 4 is 82.8 Å². The van der Waals surface area contributed by atoms with Crippen LogP contribution in [0.15, 0.2) is 91.0 Å². The summed E-state index contributed by atoms with van der Waals surface area (Å²) in [5, 5.41) is 8.11. The topological polar surface area (TPSA) is 9.34 Å². The van der Waals surface area contributed by atoms with E-state index in [1.807, 2.05) is 0 Å². The number of fused-ring (bicyclic) bond motifs is 9. The molecule has 0 unspecified atom stereocenters. The van der Waals surface area contributed by atoms with Gasteiger partial charge in [0, 0.05) is 32.3 Å². The maximum Gasteiger partial charge on any atom is 0.0646 e. The summed E-state index contributed by atoms with van der Waals surface area (Å²) in [6.07, 6.45) is 0. The van der Waals surface area contributed by atoms with E-state index in [1.165, 1.54) is 82.2 Å². The lowest BCUT2D eigenvalue weighted by Crippen LogP contribution is -2.15. The zero-order valence-corrected chi connectivity index (χ0v) is 22.1. The monoisotopic (exact) mass is 572 g/mol. The van der Waals surface area contributed by atoms with E-state index in [1.54, 1.807) is 0 Å². The standard InChI is InChI=1S/C33H21IN2/c1-33(2)23-12-5-3-9-18(23)21-17-22-19-11-7-15-26-28(19)30-25(14-8-16-27(30)36(26)34)35-24-13-6-4-10-20(24)29(31(21)33)32(22)35/h3-17H,1-2H3. The molecule has 3 aromatic heterocycles. The second-order valence-electron chi connectivity index (χ2n) is 10.7. The molecule has 0 spiro atoms. The number of para-hydroxylation sites is 1. The van der Waals surface area contributed by atoms with Gasteiger partial charge in [0.1, 0.15) is 0 Å². The fourth-order valence-electron chi connectivity index (χ4n) is 7.34. The minimum atomic E-state index is -0.0723. The largest absolute Gasteiger partial charge is 0.308 e. The molecule has 170 valence electrons. The molecule has 0 amide bonds. The van der Waals surface area contributed by atoms with Crippen molar-refractivity contribution in [1.29, 1.82) is 0 Å². The fraction of sp³-hybridized carbons (Fsp3) is 0.0909. The quantitative estimate of drug-likeness (QED) is 0.160. The van der Waals surface area contributed by atoms with Crippen LogP contribution in [0.25, 0.3) is 71.0 Å². The van der Waals surface area contributed by atoms with Crippen LogP contribution >= 0.6 is 22.9 Å². The number of benzene rings is 5. The van der Waals surface area contributed by atoms with E-state index in [9.17, 15) is 0 Å². The van der Waals surface area contributed by atoms with Crippen molar-refractivity contribution in [2.24, 2.45) is 0 Å². The van der Waals surface area contributed by atoms with Crippen LogP contribution in [0.3, 0.4) is 0 Å². The summed E-state index contributed by atoms with van der Waals surface area (Å²) in [5.74, 6) is 0. The summed E-state index contributed by atoms with van der Waals surface area (Å²) >= 11 is 2.47. The molecular weight excluding hydrogens is 551 g/mol. The van der Waals surface area contributed by atoms with Crippen molar-refractivity contribution in [2.75, 3.05) is 0 Å². The second-order valence-corrected chi connectivity index (χ2v) is 11.7. The molecule has 2 nitrogen and oxygen atoms in total. The number of rotatable bonds is 0. The predicted octanol–water partition coefficient (Wildman–Crippen LogP) is 9.45. The van der Waals surface area contributed by atoms with Gasteiger partial charge in [-0.15, -0.1) is 0 Å². The van der Waals surface area contributed by atoms with Gasteiger partial charge in [0.05, 0.1) is 50.4 Å². The van der Waals surface area contributed by atoms with E-state index in [0.717, 1.165) is 0 Å².